The fraction of sp³-hybridized carbons (Fsp3) is 0.388. The molecule has 2 amide bonds. The molecule has 17 heteroatoms. The van der Waals surface area contributed by atoms with Crippen molar-refractivity contribution in [2.45, 2.75) is 107 Å². The molecule has 0 radical (unpaired) electrons. The monoisotopic (exact) mass is 931 g/mol. The molecular weight excluding hydrogens is 882 g/mol. The smallest absolute Gasteiger partial charge is 0.417 e. The van der Waals surface area contributed by atoms with Gasteiger partial charge in [0.2, 0.25) is 5.88 Å². The third-order valence-corrected chi connectivity index (χ3v) is 13.3. The number of rotatable bonds is 11. The number of hydrogen-bond acceptors (Lipinski definition) is 10. The zero-order valence-corrected chi connectivity index (χ0v) is 38.4. The fourth-order valence-corrected chi connectivity index (χ4v) is 10.2. The normalized spacial score (nSPS) is 19.1. The van der Waals surface area contributed by atoms with Crippen LogP contribution in [0.3, 0.4) is 0 Å². The molecule has 2 saturated heterocycles. The second-order valence-electron chi connectivity index (χ2n) is 17.7. The van der Waals surface area contributed by atoms with E-state index >= 15 is 22.0 Å². The zero-order chi connectivity index (χ0) is 47.2. The summed E-state index contributed by atoms with van der Waals surface area (Å²) in [7, 11) is 3.03. The molecule has 4 atom stereocenters. The van der Waals surface area contributed by atoms with Gasteiger partial charge in [-0.2, -0.15) is 13.2 Å². The van der Waals surface area contributed by atoms with Crippen molar-refractivity contribution in [1.29, 1.82) is 0 Å². The van der Waals surface area contributed by atoms with Gasteiger partial charge in [-0.1, -0.05) is 30.3 Å². The van der Waals surface area contributed by atoms with Crippen molar-refractivity contribution in [2.75, 3.05) is 25.7 Å². The Morgan fingerprint density at radius 3 is 2.12 bits per heavy atom. The first-order valence-electron chi connectivity index (χ1n) is 21.5. The number of benzene rings is 3. The first-order valence-corrected chi connectivity index (χ1v) is 22.5. The van der Waals surface area contributed by atoms with Gasteiger partial charge in [0.15, 0.2) is 5.82 Å². The average molecular weight is 932 g/mol. The number of halogens is 5. The number of carbonyl (C=O) groups excluding carboxylic acids is 2. The number of ether oxygens (including phenoxy) is 4. The third-order valence-electron chi connectivity index (χ3n) is 12.2. The number of nitrogens with zero attached hydrogens (tertiary/aromatic N) is 5. The molecule has 2 aromatic heterocycles. The molecule has 2 bridgehead atoms. The lowest BCUT2D eigenvalue weighted by Gasteiger charge is -2.47. The molecule has 8 rings (SSSR count). The molecule has 5 aromatic rings. The van der Waals surface area contributed by atoms with E-state index in [4.69, 9.17) is 18.9 Å². The number of methoxy groups -OCH3 is 2. The van der Waals surface area contributed by atoms with Crippen LogP contribution >= 0.6 is 11.8 Å². The maximum Gasteiger partial charge on any atom is 0.417 e. The van der Waals surface area contributed by atoms with Crippen LogP contribution in [0, 0.1) is 18.6 Å². The standard InChI is InChI=1S/C49H50F5N5O6S/c1-27-39(49(52,53)54)35(21-37(40(27)50)57(23-29-10-15-33(62-6)16-11-29)24-30-12-17-34(63-7)18-13-30)42-41(51)44(66-26-31-9-8-20-55-22-31)38-45(56-42)64-28(2)43-36-19-14-32(25-58(43)46(38)60)59(36)47(61)65-48(3,4)5/h8-13,15-18,20-22,28,32,36,43H,14,19,23-26H2,1-7H3/t28-,32+,36-,43+/m0/s1. The predicted octanol–water partition coefficient (Wildman–Crippen LogP) is 10.6. The number of anilines is 1. The van der Waals surface area contributed by atoms with Crippen LogP contribution in [-0.4, -0.2) is 82.4 Å². The van der Waals surface area contributed by atoms with Gasteiger partial charge < -0.3 is 28.7 Å². The largest absolute Gasteiger partial charge is 0.497 e. The molecule has 3 aromatic carbocycles. The molecule has 0 spiro atoms. The molecule has 5 heterocycles. The van der Waals surface area contributed by atoms with Gasteiger partial charge in [0.1, 0.15) is 40.3 Å². The van der Waals surface area contributed by atoms with Crippen molar-refractivity contribution in [3.05, 3.63) is 124 Å². The summed E-state index contributed by atoms with van der Waals surface area (Å²) in [6.45, 7) is 8.12. The minimum absolute atomic E-state index is 0.0261. The molecule has 66 heavy (non-hydrogen) atoms. The van der Waals surface area contributed by atoms with Crippen molar-refractivity contribution >= 4 is 29.4 Å². The zero-order valence-electron chi connectivity index (χ0n) is 37.5. The van der Waals surface area contributed by atoms with Crippen LogP contribution in [0.25, 0.3) is 11.3 Å². The molecule has 11 nitrogen and oxygen atoms in total. The second-order valence-corrected chi connectivity index (χ2v) is 18.7. The fourth-order valence-electron chi connectivity index (χ4n) is 9.19. The Morgan fingerprint density at radius 1 is 0.924 bits per heavy atom. The highest BCUT2D eigenvalue weighted by atomic mass is 32.2. The number of thioether (sulfide) groups is 1. The third kappa shape index (κ3) is 9.18. The highest BCUT2D eigenvalue weighted by Crippen LogP contribution is 2.49. The Hall–Kier alpha value is -6.10. The highest BCUT2D eigenvalue weighted by Gasteiger charge is 2.55. The van der Waals surface area contributed by atoms with Gasteiger partial charge in [0, 0.05) is 43.3 Å². The number of carbonyl (C=O) groups is 2. The summed E-state index contributed by atoms with van der Waals surface area (Å²) in [5.74, 6) is -2.17. The number of alkyl halides is 3. The Kier molecular flexibility index (Phi) is 12.9. The molecule has 2 fully saturated rings. The van der Waals surface area contributed by atoms with Gasteiger partial charge in [-0.3, -0.25) is 14.7 Å². The van der Waals surface area contributed by atoms with Crippen LogP contribution in [0.4, 0.5) is 32.4 Å². The lowest BCUT2D eigenvalue weighted by molar-refractivity contribution is -0.137. The number of hydrogen-bond donors (Lipinski definition) is 0. The maximum absolute atomic E-state index is 17.8. The van der Waals surface area contributed by atoms with E-state index in [0.717, 1.165) is 24.8 Å². The van der Waals surface area contributed by atoms with Crippen molar-refractivity contribution in [1.82, 2.24) is 19.8 Å². The first-order chi connectivity index (χ1) is 31.4. The Bertz CT molecular complexity index is 2560. The average Bonchev–Trinajstić information content (AvgIpc) is 3.54. The van der Waals surface area contributed by atoms with E-state index in [1.165, 1.54) is 14.2 Å². The summed E-state index contributed by atoms with van der Waals surface area (Å²) in [5.41, 5.74) is -2.99. The quantitative estimate of drug-likeness (QED) is 0.0939. The van der Waals surface area contributed by atoms with E-state index < -0.39 is 82.0 Å². The van der Waals surface area contributed by atoms with Crippen LogP contribution in [0.5, 0.6) is 17.4 Å². The predicted molar refractivity (Wildman–Crippen MR) is 239 cm³/mol. The van der Waals surface area contributed by atoms with Crippen LogP contribution in [0.1, 0.15) is 78.7 Å². The molecule has 3 aliphatic rings. The van der Waals surface area contributed by atoms with Crippen LogP contribution in [0.15, 0.2) is 84.0 Å². The molecule has 3 aliphatic heterocycles. The Balaban J connectivity index is 1.30. The van der Waals surface area contributed by atoms with Crippen LogP contribution < -0.4 is 19.1 Å². The van der Waals surface area contributed by atoms with Gasteiger partial charge in [-0.05, 0) is 106 Å². The lowest BCUT2D eigenvalue weighted by atomic mass is 9.95. The Labute approximate surface area is 384 Å². The van der Waals surface area contributed by atoms with E-state index in [0.29, 0.717) is 41.0 Å². The molecule has 0 N–H and O–H groups in total. The molecule has 348 valence electrons. The minimum Gasteiger partial charge on any atom is -0.497 e. The van der Waals surface area contributed by atoms with Crippen molar-refractivity contribution < 1.29 is 50.5 Å². The molecule has 0 aliphatic carbocycles. The maximum atomic E-state index is 17.8. The topological polar surface area (TPSA) is 107 Å². The van der Waals surface area contributed by atoms with Crippen LogP contribution in [-0.2, 0) is 29.8 Å². The number of piperazine rings is 1. The Morgan fingerprint density at radius 2 is 1.56 bits per heavy atom. The summed E-state index contributed by atoms with van der Waals surface area (Å²) in [6, 6.07) is 16.6. The number of aromatic nitrogens is 2. The van der Waals surface area contributed by atoms with Crippen molar-refractivity contribution in [3.8, 4) is 28.6 Å². The van der Waals surface area contributed by atoms with Crippen LogP contribution in [0.2, 0.25) is 0 Å². The van der Waals surface area contributed by atoms with Gasteiger partial charge in [0.25, 0.3) is 5.91 Å². The molecular formula is C49H50F5N5O6S. The molecule has 0 unspecified atom stereocenters. The van der Waals surface area contributed by atoms with Gasteiger partial charge in [-0.15, -0.1) is 11.8 Å². The highest BCUT2D eigenvalue weighted by molar-refractivity contribution is 7.98. The second kappa shape index (κ2) is 18.3. The van der Waals surface area contributed by atoms with E-state index in [1.54, 1.807) is 115 Å². The minimum atomic E-state index is -5.19. The SMILES string of the molecule is COc1ccc(CN(Cc2ccc(OC)cc2)c2cc(-c3nc4c(c(SCc5cccnc5)c3F)C(=O)N3C[C@H]5CC[C@@H]([C@H]3[C@H](C)O4)N5C(=O)OC(C)(C)C)c(C(F)(F)F)c(C)c2F)cc1. The number of amides is 2. The van der Waals surface area contributed by atoms with Crippen molar-refractivity contribution in [3.63, 3.8) is 0 Å². The first kappa shape index (κ1) is 46.4. The van der Waals surface area contributed by atoms with Gasteiger partial charge in [-0.25, -0.2) is 18.6 Å². The van der Waals surface area contributed by atoms with Crippen molar-refractivity contribution in [2.24, 2.45) is 0 Å². The van der Waals surface area contributed by atoms with E-state index in [2.05, 4.69) is 9.97 Å². The lowest BCUT2D eigenvalue weighted by Crippen LogP contribution is -2.65. The van der Waals surface area contributed by atoms with Gasteiger partial charge >= 0.3 is 12.3 Å². The molecule has 0 saturated carbocycles. The van der Waals surface area contributed by atoms with E-state index in [1.807, 2.05) is 0 Å². The summed E-state index contributed by atoms with van der Waals surface area (Å²) in [4.78, 5) is 41.8. The summed E-state index contributed by atoms with van der Waals surface area (Å²) in [6.07, 6.45) is -2.36. The van der Waals surface area contributed by atoms with E-state index in [-0.39, 0.29) is 47.4 Å². The summed E-state index contributed by atoms with van der Waals surface area (Å²) >= 11 is 0.894. The number of pyridine rings is 2. The summed E-state index contributed by atoms with van der Waals surface area (Å²) < 4.78 is 104. The van der Waals surface area contributed by atoms with E-state index in [9.17, 15) is 9.59 Å². The van der Waals surface area contributed by atoms with Gasteiger partial charge in [0.05, 0.1) is 48.5 Å². The summed E-state index contributed by atoms with van der Waals surface area (Å²) in [5, 5.41) is 0. The number of fused-ring (bicyclic) bond motifs is 5.